The summed E-state index contributed by atoms with van der Waals surface area (Å²) in [5.74, 6) is 2.77. The van der Waals surface area contributed by atoms with E-state index in [4.69, 9.17) is 10.7 Å². The minimum Gasteiger partial charge on any atom is -0.402 e. The van der Waals surface area contributed by atoms with Crippen molar-refractivity contribution in [1.82, 2.24) is 25.8 Å². The van der Waals surface area contributed by atoms with Crippen LogP contribution in [0.25, 0.3) is 0 Å². The molecule has 2 heterocycles. The quantitative estimate of drug-likeness (QED) is 0.218. The lowest BCUT2D eigenvalue weighted by Crippen LogP contribution is -2.64. The molecule has 0 aromatic rings. The second-order valence-corrected chi connectivity index (χ2v) is 14.6. The molecule has 2 aliphatic heterocycles. The lowest BCUT2D eigenvalue weighted by atomic mass is 9.78. The summed E-state index contributed by atoms with van der Waals surface area (Å²) >= 11 is 0. The number of amidine groups is 1. The zero-order valence-electron chi connectivity index (χ0n) is 27.2. The highest BCUT2D eigenvalue weighted by Gasteiger charge is 2.42. The van der Waals surface area contributed by atoms with Gasteiger partial charge in [0.15, 0.2) is 0 Å². The first-order chi connectivity index (χ1) is 20.6. The molecule has 3 saturated carbocycles. The molecule has 0 aromatic carbocycles. The molecular formula is C35H65N7. The molecule has 4 fully saturated rings. The molecular weight excluding hydrogens is 518 g/mol. The molecule has 0 bridgehead atoms. The van der Waals surface area contributed by atoms with Crippen LogP contribution in [-0.2, 0) is 0 Å². The molecule has 1 saturated heterocycles. The smallest absolute Gasteiger partial charge is 0.127 e. The van der Waals surface area contributed by atoms with E-state index in [0.717, 1.165) is 62.0 Å². The summed E-state index contributed by atoms with van der Waals surface area (Å²) in [6.45, 7) is 11.6. The molecule has 42 heavy (non-hydrogen) atoms. The van der Waals surface area contributed by atoms with E-state index in [1.54, 1.807) is 0 Å². The summed E-state index contributed by atoms with van der Waals surface area (Å²) in [5.41, 5.74) is 7.86. The van der Waals surface area contributed by atoms with Gasteiger partial charge in [-0.25, -0.2) is 4.99 Å². The second-order valence-electron chi connectivity index (χ2n) is 14.6. The zero-order chi connectivity index (χ0) is 29.0. The summed E-state index contributed by atoms with van der Waals surface area (Å²) in [7, 11) is 0. The Morgan fingerprint density at radius 2 is 1.60 bits per heavy atom. The van der Waals surface area contributed by atoms with E-state index in [9.17, 15) is 0 Å². The van der Waals surface area contributed by atoms with Crippen molar-refractivity contribution in [1.29, 1.82) is 0 Å². The SMILES string of the molecule is CCCCN1CCN(C2=NC(NCC3CCC(CNCCCNC4CCCCC4)CC3)CC(N)=C2)CC12CCCCC2. The fraction of sp³-hybridized carbons (Fsp3) is 0.914. The molecule has 0 radical (unpaired) electrons. The molecule has 0 aromatic heterocycles. The van der Waals surface area contributed by atoms with Crippen LogP contribution in [-0.4, -0.2) is 85.7 Å². The third-order valence-electron chi connectivity index (χ3n) is 11.3. The molecule has 1 unspecified atom stereocenters. The second kappa shape index (κ2) is 16.8. The normalized spacial score (nSPS) is 29.5. The predicted octanol–water partition coefficient (Wildman–Crippen LogP) is 5.38. The Labute approximate surface area is 258 Å². The van der Waals surface area contributed by atoms with E-state index in [1.165, 1.54) is 135 Å². The topological polar surface area (TPSA) is 81.0 Å². The first-order valence-corrected chi connectivity index (χ1v) is 18.3. The Balaban J connectivity index is 1.00. The number of nitrogens with two attached hydrogens (primary N) is 1. The van der Waals surface area contributed by atoms with Gasteiger partial charge in [-0.15, -0.1) is 0 Å². The van der Waals surface area contributed by atoms with E-state index in [1.807, 2.05) is 0 Å². The Bertz CT molecular complexity index is 836. The van der Waals surface area contributed by atoms with E-state index >= 15 is 0 Å². The van der Waals surface area contributed by atoms with Gasteiger partial charge >= 0.3 is 0 Å². The Hall–Kier alpha value is -1.15. The van der Waals surface area contributed by atoms with Crippen LogP contribution in [0.15, 0.2) is 16.8 Å². The van der Waals surface area contributed by atoms with E-state index in [2.05, 4.69) is 38.7 Å². The van der Waals surface area contributed by atoms with Crippen molar-refractivity contribution in [3.05, 3.63) is 11.8 Å². The van der Waals surface area contributed by atoms with Crippen LogP contribution in [0.1, 0.15) is 122 Å². The molecule has 7 heteroatoms. The van der Waals surface area contributed by atoms with Gasteiger partial charge in [0, 0.05) is 43.3 Å². The highest BCUT2D eigenvalue weighted by molar-refractivity contribution is 5.94. The first kappa shape index (κ1) is 32.2. The van der Waals surface area contributed by atoms with Gasteiger partial charge in [-0.05, 0) is 115 Å². The van der Waals surface area contributed by atoms with Crippen LogP contribution in [0.4, 0.5) is 0 Å². The average Bonchev–Trinajstić information content (AvgIpc) is 3.02. The predicted molar refractivity (Wildman–Crippen MR) is 178 cm³/mol. The first-order valence-electron chi connectivity index (χ1n) is 18.3. The fourth-order valence-electron chi connectivity index (χ4n) is 8.65. The van der Waals surface area contributed by atoms with Crippen molar-refractivity contribution >= 4 is 5.84 Å². The Morgan fingerprint density at radius 3 is 2.36 bits per heavy atom. The minimum atomic E-state index is 0.132. The lowest BCUT2D eigenvalue weighted by molar-refractivity contribution is -0.00540. The van der Waals surface area contributed by atoms with E-state index in [-0.39, 0.29) is 6.17 Å². The van der Waals surface area contributed by atoms with Crippen molar-refractivity contribution in [2.75, 3.05) is 52.4 Å². The van der Waals surface area contributed by atoms with Crippen LogP contribution in [0, 0.1) is 11.8 Å². The minimum absolute atomic E-state index is 0.132. The maximum absolute atomic E-state index is 6.52. The molecule has 0 amide bonds. The van der Waals surface area contributed by atoms with Crippen LogP contribution in [0.2, 0.25) is 0 Å². The zero-order valence-corrected chi connectivity index (χ0v) is 27.2. The van der Waals surface area contributed by atoms with Gasteiger partial charge < -0.3 is 21.3 Å². The molecule has 5 aliphatic rings. The molecule has 1 atom stereocenters. The molecule has 5 rings (SSSR count). The highest BCUT2D eigenvalue weighted by atomic mass is 15.3. The van der Waals surface area contributed by atoms with Crippen molar-refractivity contribution in [3.8, 4) is 0 Å². The summed E-state index contributed by atoms with van der Waals surface area (Å²) < 4.78 is 0. The third-order valence-corrected chi connectivity index (χ3v) is 11.3. The number of dihydropyridines is 1. The lowest BCUT2D eigenvalue weighted by Gasteiger charge is -2.53. The number of unbranched alkanes of at least 4 members (excludes halogenated alkanes) is 1. The summed E-state index contributed by atoms with van der Waals surface area (Å²) in [6.07, 6.45) is 26.4. The van der Waals surface area contributed by atoms with Gasteiger partial charge in [0.25, 0.3) is 0 Å². The van der Waals surface area contributed by atoms with E-state index in [0.29, 0.717) is 5.54 Å². The van der Waals surface area contributed by atoms with Crippen molar-refractivity contribution in [2.24, 2.45) is 22.6 Å². The van der Waals surface area contributed by atoms with Gasteiger partial charge in [-0.1, -0.05) is 51.9 Å². The average molecular weight is 584 g/mol. The maximum atomic E-state index is 6.52. The van der Waals surface area contributed by atoms with Gasteiger partial charge in [0.1, 0.15) is 12.0 Å². The third kappa shape index (κ3) is 9.42. The molecule has 5 N–H and O–H groups in total. The van der Waals surface area contributed by atoms with Crippen LogP contribution >= 0.6 is 0 Å². The summed E-state index contributed by atoms with van der Waals surface area (Å²) in [6, 6.07) is 0.792. The molecule has 240 valence electrons. The Morgan fingerprint density at radius 1 is 0.857 bits per heavy atom. The number of hydrogen-bond acceptors (Lipinski definition) is 7. The van der Waals surface area contributed by atoms with Gasteiger partial charge in [0.2, 0.25) is 0 Å². The number of hydrogen-bond donors (Lipinski definition) is 4. The number of nitrogens with one attached hydrogen (secondary N) is 3. The van der Waals surface area contributed by atoms with Crippen LogP contribution in [0.3, 0.4) is 0 Å². The molecule has 3 aliphatic carbocycles. The van der Waals surface area contributed by atoms with Crippen molar-refractivity contribution in [2.45, 2.75) is 140 Å². The monoisotopic (exact) mass is 584 g/mol. The van der Waals surface area contributed by atoms with Gasteiger partial charge in [-0.2, -0.15) is 0 Å². The summed E-state index contributed by atoms with van der Waals surface area (Å²) in [4.78, 5) is 10.7. The Kier molecular flexibility index (Phi) is 12.9. The maximum Gasteiger partial charge on any atom is 0.127 e. The summed E-state index contributed by atoms with van der Waals surface area (Å²) in [5, 5.41) is 11.4. The number of piperazine rings is 1. The van der Waals surface area contributed by atoms with Crippen molar-refractivity contribution in [3.63, 3.8) is 0 Å². The molecule has 1 spiro atoms. The van der Waals surface area contributed by atoms with E-state index < -0.39 is 0 Å². The standard InChI is InChI=1S/C35H65N7/c1-2-3-21-42-23-22-41(28-35(42)17-8-5-9-18-35)34-25-31(36)24-33(40-34)39-27-30-15-13-29(14-16-30)26-37-19-10-20-38-32-11-6-4-7-12-32/h25,29-30,32-33,37-39H,2-24,26-28,36H2,1H3. The van der Waals surface area contributed by atoms with Gasteiger partial charge in [0.05, 0.1) is 0 Å². The van der Waals surface area contributed by atoms with Crippen LogP contribution < -0.4 is 21.7 Å². The molecule has 7 nitrogen and oxygen atoms in total. The van der Waals surface area contributed by atoms with Gasteiger partial charge in [-0.3, -0.25) is 10.2 Å². The largest absolute Gasteiger partial charge is 0.402 e. The number of nitrogens with zero attached hydrogens (tertiary/aromatic N) is 3. The highest BCUT2D eigenvalue weighted by Crippen LogP contribution is 2.37. The van der Waals surface area contributed by atoms with Crippen molar-refractivity contribution < 1.29 is 0 Å². The fourth-order valence-corrected chi connectivity index (χ4v) is 8.65. The number of rotatable bonds is 13. The number of aliphatic imine (C=N–C) groups is 1. The van der Waals surface area contributed by atoms with Crippen LogP contribution in [0.5, 0.6) is 0 Å².